The number of benzene rings is 1. The topological polar surface area (TPSA) is 41.8 Å². The first-order valence-corrected chi connectivity index (χ1v) is 5.69. The SMILES string of the molecule is NCCc1cccc2cc(C3CC3)[nH]c12. The van der Waals surface area contributed by atoms with Gasteiger partial charge in [-0.15, -0.1) is 0 Å². The fourth-order valence-corrected chi connectivity index (χ4v) is 2.22. The molecule has 0 aliphatic heterocycles. The van der Waals surface area contributed by atoms with Crippen LogP contribution in [0.15, 0.2) is 24.3 Å². The number of aromatic amines is 1. The van der Waals surface area contributed by atoms with Gasteiger partial charge < -0.3 is 10.7 Å². The number of hydrogen-bond acceptors (Lipinski definition) is 1. The summed E-state index contributed by atoms with van der Waals surface area (Å²) in [5.41, 5.74) is 9.67. The monoisotopic (exact) mass is 200 g/mol. The largest absolute Gasteiger partial charge is 0.358 e. The molecule has 1 fully saturated rings. The van der Waals surface area contributed by atoms with Crippen LogP contribution < -0.4 is 5.73 Å². The summed E-state index contributed by atoms with van der Waals surface area (Å²) < 4.78 is 0. The van der Waals surface area contributed by atoms with E-state index >= 15 is 0 Å². The molecule has 1 heterocycles. The van der Waals surface area contributed by atoms with Crippen molar-refractivity contribution in [2.75, 3.05) is 6.54 Å². The molecule has 2 heteroatoms. The van der Waals surface area contributed by atoms with Crippen LogP contribution in [0.2, 0.25) is 0 Å². The number of H-pyrrole nitrogens is 1. The second-order valence-electron chi connectivity index (χ2n) is 4.42. The maximum atomic E-state index is 5.62. The van der Waals surface area contributed by atoms with E-state index in [0.717, 1.165) is 18.9 Å². The Kier molecular flexibility index (Phi) is 2.03. The van der Waals surface area contributed by atoms with Gasteiger partial charge in [-0.25, -0.2) is 0 Å². The van der Waals surface area contributed by atoms with Crippen LogP contribution in [0.1, 0.15) is 30.0 Å². The molecule has 0 radical (unpaired) electrons. The normalized spacial score (nSPS) is 16.1. The zero-order valence-corrected chi connectivity index (χ0v) is 8.79. The molecule has 0 amide bonds. The van der Waals surface area contributed by atoms with Gasteiger partial charge in [0.25, 0.3) is 0 Å². The minimum atomic E-state index is 0.719. The van der Waals surface area contributed by atoms with Gasteiger partial charge in [0, 0.05) is 11.2 Å². The van der Waals surface area contributed by atoms with Crippen molar-refractivity contribution < 1.29 is 0 Å². The van der Waals surface area contributed by atoms with Crippen molar-refractivity contribution >= 4 is 10.9 Å². The van der Waals surface area contributed by atoms with E-state index in [0.29, 0.717) is 0 Å². The molecule has 0 atom stereocenters. The Morgan fingerprint density at radius 2 is 2.20 bits per heavy atom. The third-order valence-corrected chi connectivity index (χ3v) is 3.19. The molecule has 78 valence electrons. The predicted octanol–water partition coefficient (Wildman–Crippen LogP) is 2.55. The van der Waals surface area contributed by atoms with Gasteiger partial charge in [0.2, 0.25) is 0 Å². The fraction of sp³-hybridized carbons (Fsp3) is 0.385. The molecule has 0 unspecified atom stereocenters. The van der Waals surface area contributed by atoms with Gasteiger partial charge in [0.15, 0.2) is 0 Å². The molecular weight excluding hydrogens is 184 g/mol. The number of nitrogens with two attached hydrogens (primary N) is 1. The lowest BCUT2D eigenvalue weighted by Gasteiger charge is -2.00. The Morgan fingerprint density at radius 3 is 2.93 bits per heavy atom. The van der Waals surface area contributed by atoms with E-state index < -0.39 is 0 Å². The third kappa shape index (κ3) is 1.55. The van der Waals surface area contributed by atoms with Crippen LogP contribution in [-0.4, -0.2) is 11.5 Å². The Bertz CT molecular complexity index is 480. The average molecular weight is 200 g/mol. The first-order valence-electron chi connectivity index (χ1n) is 5.69. The minimum absolute atomic E-state index is 0.719. The second-order valence-corrected chi connectivity index (χ2v) is 4.42. The summed E-state index contributed by atoms with van der Waals surface area (Å²) in [6.45, 7) is 0.719. The van der Waals surface area contributed by atoms with Gasteiger partial charge in [-0.05, 0) is 48.7 Å². The van der Waals surface area contributed by atoms with E-state index in [2.05, 4.69) is 29.2 Å². The van der Waals surface area contributed by atoms with Gasteiger partial charge in [-0.2, -0.15) is 0 Å². The number of fused-ring (bicyclic) bond motifs is 1. The fourth-order valence-electron chi connectivity index (χ4n) is 2.22. The maximum absolute atomic E-state index is 5.62. The first-order chi connectivity index (χ1) is 7.38. The lowest BCUT2D eigenvalue weighted by Crippen LogP contribution is -2.02. The summed E-state index contributed by atoms with van der Waals surface area (Å²) in [6, 6.07) is 8.77. The van der Waals surface area contributed by atoms with Crippen molar-refractivity contribution in [2.24, 2.45) is 5.73 Å². The van der Waals surface area contributed by atoms with Crippen LogP contribution in [0.4, 0.5) is 0 Å². The van der Waals surface area contributed by atoms with Crippen LogP contribution in [-0.2, 0) is 6.42 Å². The highest BCUT2D eigenvalue weighted by molar-refractivity contribution is 5.83. The zero-order chi connectivity index (χ0) is 10.3. The van der Waals surface area contributed by atoms with Crippen LogP contribution in [0.3, 0.4) is 0 Å². The highest BCUT2D eigenvalue weighted by Gasteiger charge is 2.25. The lowest BCUT2D eigenvalue weighted by atomic mass is 10.1. The first kappa shape index (κ1) is 8.98. The standard InChI is InChI=1S/C13H16N2/c14-7-6-10-2-1-3-11-8-12(9-4-5-9)15-13(10)11/h1-3,8-9,15H,4-7,14H2. The zero-order valence-electron chi connectivity index (χ0n) is 8.79. The number of rotatable bonds is 3. The molecule has 3 N–H and O–H groups in total. The molecule has 1 aliphatic carbocycles. The summed E-state index contributed by atoms with van der Waals surface area (Å²) in [5.74, 6) is 0.795. The van der Waals surface area contributed by atoms with Gasteiger partial charge in [0.1, 0.15) is 0 Å². The minimum Gasteiger partial charge on any atom is -0.358 e. The number of hydrogen-bond donors (Lipinski definition) is 2. The van der Waals surface area contributed by atoms with Gasteiger partial charge in [0.05, 0.1) is 0 Å². The van der Waals surface area contributed by atoms with Crippen LogP contribution in [0.25, 0.3) is 10.9 Å². The van der Waals surface area contributed by atoms with E-state index in [-0.39, 0.29) is 0 Å². The molecule has 1 aromatic heterocycles. The summed E-state index contributed by atoms with van der Waals surface area (Å²) in [7, 11) is 0. The van der Waals surface area contributed by atoms with Gasteiger partial charge >= 0.3 is 0 Å². The molecule has 3 rings (SSSR count). The van der Waals surface area contributed by atoms with Gasteiger partial charge in [-0.1, -0.05) is 18.2 Å². The van der Waals surface area contributed by atoms with Crippen molar-refractivity contribution in [3.05, 3.63) is 35.5 Å². The second kappa shape index (κ2) is 3.38. The number of aromatic nitrogens is 1. The summed E-state index contributed by atoms with van der Waals surface area (Å²) in [5, 5.41) is 1.34. The van der Waals surface area contributed by atoms with Crippen molar-refractivity contribution in [3.8, 4) is 0 Å². The van der Waals surface area contributed by atoms with E-state index in [1.807, 2.05) is 0 Å². The predicted molar refractivity (Wildman–Crippen MR) is 63.0 cm³/mol. The van der Waals surface area contributed by atoms with Crippen LogP contribution >= 0.6 is 0 Å². The maximum Gasteiger partial charge on any atom is 0.0489 e. The third-order valence-electron chi connectivity index (χ3n) is 3.19. The summed E-state index contributed by atoms with van der Waals surface area (Å²) in [6.07, 6.45) is 3.65. The van der Waals surface area contributed by atoms with Crippen molar-refractivity contribution in [3.63, 3.8) is 0 Å². The Labute approximate surface area is 89.5 Å². The summed E-state index contributed by atoms with van der Waals surface area (Å²) in [4.78, 5) is 3.56. The number of nitrogens with one attached hydrogen (secondary N) is 1. The molecule has 1 saturated carbocycles. The molecule has 1 aromatic carbocycles. The Morgan fingerprint density at radius 1 is 1.33 bits per heavy atom. The average Bonchev–Trinajstić information content (AvgIpc) is 2.99. The molecule has 2 nitrogen and oxygen atoms in total. The van der Waals surface area contributed by atoms with E-state index in [1.54, 1.807) is 0 Å². The van der Waals surface area contributed by atoms with E-state index in [4.69, 9.17) is 5.73 Å². The van der Waals surface area contributed by atoms with Crippen molar-refractivity contribution in [1.29, 1.82) is 0 Å². The van der Waals surface area contributed by atoms with Crippen LogP contribution in [0, 0.1) is 0 Å². The molecule has 2 aromatic rings. The van der Waals surface area contributed by atoms with Gasteiger partial charge in [-0.3, -0.25) is 0 Å². The molecule has 0 saturated heterocycles. The van der Waals surface area contributed by atoms with Crippen molar-refractivity contribution in [1.82, 2.24) is 4.98 Å². The summed E-state index contributed by atoms with van der Waals surface area (Å²) >= 11 is 0. The quantitative estimate of drug-likeness (QED) is 0.785. The smallest absolute Gasteiger partial charge is 0.0489 e. The Hall–Kier alpha value is -1.28. The van der Waals surface area contributed by atoms with E-state index in [9.17, 15) is 0 Å². The van der Waals surface area contributed by atoms with Crippen LogP contribution in [0.5, 0.6) is 0 Å². The van der Waals surface area contributed by atoms with Crippen molar-refractivity contribution in [2.45, 2.75) is 25.2 Å². The number of para-hydroxylation sites is 1. The Balaban J connectivity index is 2.11. The molecule has 0 spiro atoms. The molecular formula is C13H16N2. The molecule has 0 bridgehead atoms. The lowest BCUT2D eigenvalue weighted by molar-refractivity contribution is 0.971. The molecule has 1 aliphatic rings. The van der Waals surface area contributed by atoms with E-state index in [1.165, 1.54) is 35.0 Å². The molecule has 15 heavy (non-hydrogen) atoms. The highest BCUT2D eigenvalue weighted by Crippen LogP contribution is 2.40. The highest BCUT2D eigenvalue weighted by atomic mass is 14.7.